The van der Waals surface area contributed by atoms with Gasteiger partial charge in [-0.3, -0.25) is 10.1 Å². The fourth-order valence-electron chi connectivity index (χ4n) is 1.13. The largest absolute Gasteiger partial charge is 0.489 e. The number of nitro groups is 1. The molecular formula is C11H12ClNO3. The smallest absolute Gasteiger partial charge is 0.269 e. The second-order valence-corrected chi connectivity index (χ2v) is 3.65. The SMILES string of the molecule is C=C(CCl)COc1ccc([N+](=O)[O-])cc1C. The molecule has 0 amide bonds. The molecule has 0 fully saturated rings. The van der Waals surface area contributed by atoms with E-state index >= 15 is 0 Å². The van der Waals surface area contributed by atoms with Crippen molar-refractivity contribution in [1.29, 1.82) is 0 Å². The van der Waals surface area contributed by atoms with Crippen LogP contribution in [0.2, 0.25) is 0 Å². The van der Waals surface area contributed by atoms with Gasteiger partial charge in [0.1, 0.15) is 12.4 Å². The molecule has 1 rings (SSSR count). The van der Waals surface area contributed by atoms with Crippen LogP contribution in [0.25, 0.3) is 0 Å². The van der Waals surface area contributed by atoms with Crippen molar-refractivity contribution >= 4 is 17.3 Å². The van der Waals surface area contributed by atoms with E-state index in [4.69, 9.17) is 16.3 Å². The van der Waals surface area contributed by atoms with Gasteiger partial charge in [-0.1, -0.05) is 6.58 Å². The van der Waals surface area contributed by atoms with Crippen molar-refractivity contribution in [1.82, 2.24) is 0 Å². The highest BCUT2D eigenvalue weighted by atomic mass is 35.5. The minimum absolute atomic E-state index is 0.0565. The Labute approximate surface area is 98.6 Å². The van der Waals surface area contributed by atoms with Gasteiger partial charge < -0.3 is 4.74 Å². The van der Waals surface area contributed by atoms with E-state index in [1.807, 2.05) is 0 Å². The van der Waals surface area contributed by atoms with Crippen LogP contribution < -0.4 is 4.74 Å². The molecule has 0 unspecified atom stereocenters. The van der Waals surface area contributed by atoms with Gasteiger partial charge in [0.15, 0.2) is 0 Å². The van der Waals surface area contributed by atoms with Gasteiger partial charge in [0.2, 0.25) is 0 Å². The molecule has 0 saturated heterocycles. The normalized spacial score (nSPS) is 9.88. The maximum Gasteiger partial charge on any atom is 0.269 e. The fraction of sp³-hybridized carbons (Fsp3) is 0.273. The Hall–Kier alpha value is -1.55. The molecule has 0 aliphatic rings. The number of aryl methyl sites for hydroxylation is 1. The van der Waals surface area contributed by atoms with Gasteiger partial charge in [-0.15, -0.1) is 11.6 Å². The van der Waals surface area contributed by atoms with Crippen molar-refractivity contribution in [2.24, 2.45) is 0 Å². The molecule has 0 atom stereocenters. The minimum atomic E-state index is -0.436. The Morgan fingerprint density at radius 3 is 2.81 bits per heavy atom. The third kappa shape index (κ3) is 3.24. The summed E-state index contributed by atoms with van der Waals surface area (Å²) < 4.78 is 5.42. The van der Waals surface area contributed by atoms with Crippen LogP contribution in [0, 0.1) is 17.0 Å². The molecule has 0 N–H and O–H groups in total. The van der Waals surface area contributed by atoms with Crippen LogP contribution in [0.15, 0.2) is 30.4 Å². The second kappa shape index (κ2) is 5.51. The summed E-state index contributed by atoms with van der Waals surface area (Å²) in [5, 5.41) is 10.5. The van der Waals surface area contributed by atoms with Crippen molar-refractivity contribution in [3.05, 3.63) is 46.0 Å². The van der Waals surface area contributed by atoms with Crippen LogP contribution in [-0.4, -0.2) is 17.4 Å². The summed E-state index contributed by atoms with van der Waals surface area (Å²) in [5.41, 5.74) is 1.54. The number of benzene rings is 1. The van der Waals surface area contributed by atoms with Crippen molar-refractivity contribution in [2.45, 2.75) is 6.92 Å². The second-order valence-electron chi connectivity index (χ2n) is 3.38. The number of alkyl halides is 1. The lowest BCUT2D eigenvalue weighted by Gasteiger charge is -2.08. The van der Waals surface area contributed by atoms with Gasteiger partial charge in [0.05, 0.1) is 4.92 Å². The van der Waals surface area contributed by atoms with E-state index in [0.29, 0.717) is 18.2 Å². The maximum absolute atomic E-state index is 10.5. The molecule has 0 aliphatic carbocycles. The molecule has 1 aromatic rings. The summed E-state index contributed by atoms with van der Waals surface area (Å²) in [4.78, 5) is 10.1. The quantitative estimate of drug-likeness (QED) is 0.345. The lowest BCUT2D eigenvalue weighted by Crippen LogP contribution is -2.02. The third-order valence-electron chi connectivity index (χ3n) is 1.99. The number of nitrogens with zero attached hydrogens (tertiary/aromatic N) is 1. The van der Waals surface area contributed by atoms with E-state index in [0.717, 1.165) is 11.1 Å². The number of non-ortho nitro benzene ring substituents is 1. The van der Waals surface area contributed by atoms with Crippen molar-refractivity contribution in [3.63, 3.8) is 0 Å². The molecule has 0 aliphatic heterocycles. The predicted molar refractivity (Wildman–Crippen MR) is 63.2 cm³/mol. The van der Waals surface area contributed by atoms with Crippen LogP contribution >= 0.6 is 11.6 Å². The highest BCUT2D eigenvalue weighted by Gasteiger charge is 2.08. The number of hydrogen-bond donors (Lipinski definition) is 0. The Morgan fingerprint density at radius 1 is 1.62 bits per heavy atom. The van der Waals surface area contributed by atoms with Gasteiger partial charge in [0.25, 0.3) is 5.69 Å². The summed E-state index contributed by atoms with van der Waals surface area (Å²) in [5.74, 6) is 0.948. The standard InChI is InChI=1S/C11H12ClNO3/c1-8(6-12)7-16-11-4-3-10(13(14)15)5-9(11)2/h3-5H,1,6-7H2,2H3. The zero-order valence-electron chi connectivity index (χ0n) is 8.90. The number of hydrogen-bond acceptors (Lipinski definition) is 3. The first-order chi connectivity index (χ1) is 7.54. The van der Waals surface area contributed by atoms with Crippen molar-refractivity contribution < 1.29 is 9.66 Å². The topological polar surface area (TPSA) is 52.4 Å². The lowest BCUT2D eigenvalue weighted by molar-refractivity contribution is -0.384. The molecule has 4 nitrogen and oxygen atoms in total. The molecule has 0 radical (unpaired) electrons. The Bertz CT molecular complexity index is 418. The monoisotopic (exact) mass is 241 g/mol. The van der Waals surface area contributed by atoms with Crippen molar-refractivity contribution in [2.75, 3.05) is 12.5 Å². The van der Waals surface area contributed by atoms with Gasteiger partial charge in [-0.05, 0) is 24.1 Å². The van der Waals surface area contributed by atoms with E-state index in [2.05, 4.69) is 6.58 Å². The Balaban J connectivity index is 2.75. The van der Waals surface area contributed by atoms with Crippen LogP contribution in [-0.2, 0) is 0 Å². The molecule has 1 aromatic carbocycles. The van der Waals surface area contributed by atoms with E-state index in [-0.39, 0.29) is 5.69 Å². The molecule has 86 valence electrons. The number of halogens is 1. The maximum atomic E-state index is 10.5. The Kier molecular flexibility index (Phi) is 4.31. The molecular weight excluding hydrogens is 230 g/mol. The van der Waals surface area contributed by atoms with Gasteiger partial charge >= 0.3 is 0 Å². The molecule has 0 heterocycles. The summed E-state index contributed by atoms with van der Waals surface area (Å²) in [7, 11) is 0. The summed E-state index contributed by atoms with van der Waals surface area (Å²) in [6.45, 7) is 5.78. The van der Waals surface area contributed by atoms with Gasteiger partial charge in [-0.25, -0.2) is 0 Å². The van der Waals surface area contributed by atoms with E-state index in [9.17, 15) is 10.1 Å². The number of rotatable bonds is 5. The highest BCUT2D eigenvalue weighted by Crippen LogP contribution is 2.23. The summed E-state index contributed by atoms with van der Waals surface area (Å²) in [6.07, 6.45) is 0. The van der Waals surface area contributed by atoms with Crippen LogP contribution in [0.5, 0.6) is 5.75 Å². The van der Waals surface area contributed by atoms with E-state index < -0.39 is 4.92 Å². The minimum Gasteiger partial charge on any atom is -0.489 e. The first kappa shape index (κ1) is 12.5. The molecule has 0 saturated carbocycles. The van der Waals surface area contributed by atoms with Crippen LogP contribution in [0.4, 0.5) is 5.69 Å². The summed E-state index contributed by atoms with van der Waals surface area (Å²) >= 11 is 5.56. The number of nitro benzene ring substituents is 1. The van der Waals surface area contributed by atoms with Crippen LogP contribution in [0.1, 0.15) is 5.56 Å². The molecule has 0 bridgehead atoms. The van der Waals surface area contributed by atoms with Gasteiger partial charge in [0, 0.05) is 18.0 Å². The number of ether oxygens (including phenoxy) is 1. The zero-order chi connectivity index (χ0) is 12.1. The third-order valence-corrected chi connectivity index (χ3v) is 2.37. The average Bonchev–Trinajstić information content (AvgIpc) is 2.26. The average molecular weight is 242 g/mol. The first-order valence-corrected chi connectivity index (χ1v) is 5.18. The summed E-state index contributed by atoms with van der Waals surface area (Å²) in [6, 6.07) is 4.46. The molecule has 16 heavy (non-hydrogen) atoms. The Morgan fingerprint density at radius 2 is 2.31 bits per heavy atom. The fourth-order valence-corrected chi connectivity index (χ4v) is 1.20. The van der Waals surface area contributed by atoms with E-state index in [1.165, 1.54) is 12.1 Å². The highest BCUT2D eigenvalue weighted by molar-refractivity contribution is 6.19. The molecule has 5 heteroatoms. The van der Waals surface area contributed by atoms with Gasteiger partial charge in [-0.2, -0.15) is 0 Å². The van der Waals surface area contributed by atoms with Crippen LogP contribution in [0.3, 0.4) is 0 Å². The zero-order valence-corrected chi connectivity index (χ0v) is 9.66. The van der Waals surface area contributed by atoms with E-state index in [1.54, 1.807) is 13.0 Å². The van der Waals surface area contributed by atoms with Crippen molar-refractivity contribution in [3.8, 4) is 5.75 Å². The molecule has 0 spiro atoms. The molecule has 0 aromatic heterocycles. The lowest BCUT2D eigenvalue weighted by atomic mass is 10.2. The first-order valence-electron chi connectivity index (χ1n) is 4.65. The predicted octanol–water partition coefficient (Wildman–Crippen LogP) is 3.08.